The molecule has 0 saturated carbocycles. The molecule has 0 unspecified atom stereocenters. The molecule has 1 rings (SSSR count). The Labute approximate surface area is 116 Å². The van der Waals surface area contributed by atoms with Crippen LogP contribution in [0.1, 0.15) is 47.5 Å². The van der Waals surface area contributed by atoms with Gasteiger partial charge in [-0.2, -0.15) is 0 Å². The molecule has 1 heterocycles. The van der Waals surface area contributed by atoms with Crippen LogP contribution in [0.3, 0.4) is 0 Å². The molecule has 0 bridgehead atoms. The van der Waals surface area contributed by atoms with Crippen molar-refractivity contribution in [3.63, 3.8) is 0 Å². The lowest BCUT2D eigenvalue weighted by Gasteiger charge is -2.34. The Morgan fingerprint density at radius 2 is 2.00 bits per heavy atom. The van der Waals surface area contributed by atoms with E-state index in [2.05, 4.69) is 33.0 Å². The van der Waals surface area contributed by atoms with E-state index in [1.54, 1.807) is 0 Å². The molecular formula is C14H28N2OS. The average Bonchev–Trinajstić information content (AvgIpc) is 2.37. The summed E-state index contributed by atoms with van der Waals surface area (Å²) >= 11 is 1.86. The van der Waals surface area contributed by atoms with Crippen molar-refractivity contribution in [2.75, 3.05) is 25.4 Å². The first-order chi connectivity index (χ1) is 8.47. The first-order valence-corrected chi connectivity index (χ1v) is 8.00. The lowest BCUT2D eigenvalue weighted by molar-refractivity contribution is -0.00558. The fraction of sp³-hybridized carbons (Fsp3) is 0.929. The fourth-order valence-corrected chi connectivity index (χ4v) is 3.34. The van der Waals surface area contributed by atoms with Gasteiger partial charge >= 0.3 is 0 Å². The fourth-order valence-electron chi connectivity index (χ4n) is 2.07. The minimum atomic E-state index is -0.123. The van der Waals surface area contributed by atoms with Crippen molar-refractivity contribution in [2.45, 2.75) is 53.1 Å². The molecule has 0 radical (unpaired) electrons. The molecule has 18 heavy (non-hydrogen) atoms. The maximum Gasteiger partial charge on any atom is 0.156 e. The van der Waals surface area contributed by atoms with Gasteiger partial charge in [-0.1, -0.05) is 25.6 Å². The van der Waals surface area contributed by atoms with Crippen LogP contribution in [0.5, 0.6) is 0 Å². The number of nitrogens with one attached hydrogen (secondary N) is 1. The summed E-state index contributed by atoms with van der Waals surface area (Å²) in [5.41, 5.74) is 0.299. The van der Waals surface area contributed by atoms with Crippen molar-refractivity contribution in [3.8, 4) is 0 Å². The summed E-state index contributed by atoms with van der Waals surface area (Å²) in [6.45, 7) is 13.3. The van der Waals surface area contributed by atoms with Crippen LogP contribution < -0.4 is 5.32 Å². The molecule has 106 valence electrons. The number of thioether (sulfide) groups is 1. The maximum atomic E-state index is 5.68. The SMILES string of the molecule is CCOC(C)(C)CNC1=NCC(CC)(CC)CS1. The van der Waals surface area contributed by atoms with Crippen LogP contribution in [0.25, 0.3) is 0 Å². The second-order valence-electron chi connectivity index (χ2n) is 5.66. The Bertz CT molecular complexity index is 286. The molecule has 4 heteroatoms. The third kappa shape index (κ3) is 4.47. The Balaban J connectivity index is 2.44. The highest BCUT2D eigenvalue weighted by atomic mass is 32.2. The first-order valence-electron chi connectivity index (χ1n) is 7.02. The standard InChI is InChI=1S/C14H28N2OS/c1-6-14(7-2)10-16-12(18-11-14)15-9-13(4,5)17-8-3/h6-11H2,1-5H3,(H,15,16). The molecule has 0 aromatic carbocycles. The van der Waals surface area contributed by atoms with Gasteiger partial charge in [0, 0.05) is 25.4 Å². The monoisotopic (exact) mass is 272 g/mol. The highest BCUT2D eigenvalue weighted by Gasteiger charge is 2.30. The van der Waals surface area contributed by atoms with Crippen molar-refractivity contribution in [3.05, 3.63) is 0 Å². The molecular weight excluding hydrogens is 244 g/mol. The zero-order valence-corrected chi connectivity index (χ0v) is 13.3. The van der Waals surface area contributed by atoms with Crippen LogP contribution in [0, 0.1) is 5.41 Å². The molecule has 0 aliphatic carbocycles. The van der Waals surface area contributed by atoms with Gasteiger partial charge in [0.2, 0.25) is 0 Å². The minimum Gasteiger partial charge on any atom is -0.374 e. The highest BCUT2D eigenvalue weighted by molar-refractivity contribution is 8.13. The quantitative estimate of drug-likeness (QED) is 0.805. The molecule has 0 aromatic rings. The van der Waals surface area contributed by atoms with E-state index in [-0.39, 0.29) is 5.60 Å². The lowest BCUT2D eigenvalue weighted by Crippen LogP contribution is -2.42. The van der Waals surface area contributed by atoms with Crippen molar-refractivity contribution < 1.29 is 4.74 Å². The smallest absolute Gasteiger partial charge is 0.156 e. The summed E-state index contributed by atoms with van der Waals surface area (Å²) in [5, 5.41) is 4.50. The first kappa shape index (κ1) is 15.8. The largest absolute Gasteiger partial charge is 0.374 e. The predicted octanol–water partition coefficient (Wildman–Crippen LogP) is 3.30. The van der Waals surface area contributed by atoms with E-state index in [1.807, 2.05) is 18.7 Å². The lowest BCUT2D eigenvalue weighted by atomic mass is 9.84. The third-order valence-electron chi connectivity index (χ3n) is 3.77. The number of hydrogen-bond acceptors (Lipinski definition) is 4. The van der Waals surface area contributed by atoms with Gasteiger partial charge in [-0.15, -0.1) is 0 Å². The van der Waals surface area contributed by atoms with Gasteiger partial charge in [0.05, 0.1) is 5.60 Å². The highest BCUT2D eigenvalue weighted by Crippen LogP contribution is 2.34. The van der Waals surface area contributed by atoms with Crippen LogP contribution in [0.2, 0.25) is 0 Å². The van der Waals surface area contributed by atoms with Gasteiger partial charge in [-0.05, 0) is 39.0 Å². The average molecular weight is 272 g/mol. The Morgan fingerprint density at radius 3 is 2.44 bits per heavy atom. The van der Waals surface area contributed by atoms with Gasteiger partial charge < -0.3 is 10.1 Å². The number of ether oxygens (including phenoxy) is 1. The topological polar surface area (TPSA) is 33.6 Å². The second kappa shape index (κ2) is 6.80. The summed E-state index contributed by atoms with van der Waals surface area (Å²) in [6, 6.07) is 0. The molecule has 0 fully saturated rings. The van der Waals surface area contributed by atoms with Crippen molar-refractivity contribution >= 4 is 16.9 Å². The molecule has 0 spiro atoms. The molecule has 1 N–H and O–H groups in total. The van der Waals surface area contributed by atoms with Gasteiger partial charge in [-0.3, -0.25) is 4.99 Å². The zero-order chi connectivity index (χ0) is 13.6. The number of nitrogens with zero attached hydrogens (tertiary/aromatic N) is 1. The molecule has 0 saturated heterocycles. The van der Waals surface area contributed by atoms with Crippen LogP contribution in [-0.2, 0) is 4.74 Å². The second-order valence-corrected chi connectivity index (χ2v) is 6.63. The van der Waals surface area contributed by atoms with E-state index in [4.69, 9.17) is 9.73 Å². The zero-order valence-electron chi connectivity index (χ0n) is 12.5. The van der Waals surface area contributed by atoms with E-state index in [0.717, 1.165) is 24.9 Å². The van der Waals surface area contributed by atoms with E-state index < -0.39 is 0 Å². The van der Waals surface area contributed by atoms with E-state index >= 15 is 0 Å². The Hall–Kier alpha value is -0.220. The summed E-state index contributed by atoms with van der Waals surface area (Å²) in [5.74, 6) is 1.18. The Morgan fingerprint density at radius 1 is 1.33 bits per heavy atom. The van der Waals surface area contributed by atoms with Crippen LogP contribution in [0.15, 0.2) is 4.99 Å². The molecule has 0 aromatic heterocycles. The third-order valence-corrected chi connectivity index (χ3v) is 5.08. The van der Waals surface area contributed by atoms with Gasteiger partial charge in [0.25, 0.3) is 0 Å². The summed E-state index contributed by atoms with van der Waals surface area (Å²) in [6.07, 6.45) is 2.44. The number of aliphatic imine (C=N–C) groups is 1. The van der Waals surface area contributed by atoms with Gasteiger partial charge in [0.15, 0.2) is 5.17 Å². The summed E-state index contributed by atoms with van der Waals surface area (Å²) in [7, 11) is 0. The van der Waals surface area contributed by atoms with Gasteiger partial charge in [-0.25, -0.2) is 0 Å². The Kier molecular flexibility index (Phi) is 5.99. The number of amidine groups is 1. The molecule has 1 aliphatic heterocycles. The molecule has 0 atom stereocenters. The number of hydrogen-bond donors (Lipinski definition) is 1. The van der Waals surface area contributed by atoms with Crippen LogP contribution in [0.4, 0.5) is 0 Å². The van der Waals surface area contributed by atoms with Crippen molar-refractivity contribution in [1.82, 2.24) is 5.32 Å². The number of rotatable bonds is 6. The van der Waals surface area contributed by atoms with Crippen LogP contribution >= 0.6 is 11.8 Å². The van der Waals surface area contributed by atoms with E-state index in [0.29, 0.717) is 5.41 Å². The normalized spacial score (nSPS) is 19.5. The van der Waals surface area contributed by atoms with Crippen molar-refractivity contribution in [2.24, 2.45) is 10.4 Å². The molecule has 1 aliphatic rings. The van der Waals surface area contributed by atoms with E-state index in [1.165, 1.54) is 18.6 Å². The van der Waals surface area contributed by atoms with Crippen molar-refractivity contribution in [1.29, 1.82) is 0 Å². The predicted molar refractivity (Wildman–Crippen MR) is 81.5 cm³/mol. The minimum absolute atomic E-state index is 0.123. The molecule has 3 nitrogen and oxygen atoms in total. The summed E-state index contributed by atoms with van der Waals surface area (Å²) < 4.78 is 5.68. The molecule has 0 amide bonds. The van der Waals surface area contributed by atoms with Gasteiger partial charge in [0.1, 0.15) is 0 Å². The van der Waals surface area contributed by atoms with Crippen LogP contribution in [-0.4, -0.2) is 36.2 Å². The van der Waals surface area contributed by atoms with E-state index in [9.17, 15) is 0 Å². The maximum absolute atomic E-state index is 5.68. The summed E-state index contributed by atoms with van der Waals surface area (Å²) in [4.78, 5) is 4.70.